The van der Waals surface area contributed by atoms with Crippen LogP contribution in [0.2, 0.25) is 0 Å². The number of nitrogens with zero attached hydrogens (tertiary/aromatic N) is 2. The first-order valence-corrected chi connectivity index (χ1v) is 24.4. The predicted octanol–water partition coefficient (Wildman–Crippen LogP) is 10.2. The summed E-state index contributed by atoms with van der Waals surface area (Å²) in [5.41, 5.74) is 2.68. The second kappa shape index (κ2) is 22.2. The minimum absolute atomic E-state index is 0.0512. The van der Waals surface area contributed by atoms with Gasteiger partial charge in [-0.3, -0.25) is 20.0 Å². The Hall–Kier alpha value is -5.01. The molecule has 0 spiro atoms. The molecule has 0 aliphatic carbocycles. The third-order valence-electron chi connectivity index (χ3n) is 15.8. The minimum Gasteiger partial charge on any atom is -0.453 e. The van der Waals surface area contributed by atoms with Gasteiger partial charge in [-0.05, 0) is 132 Å². The summed E-state index contributed by atoms with van der Waals surface area (Å²) in [6, 6.07) is 15.8. The maximum atomic E-state index is 15.5. The molecule has 3 rings (SSSR count). The van der Waals surface area contributed by atoms with E-state index < -0.39 is 75.1 Å². The van der Waals surface area contributed by atoms with E-state index in [0.29, 0.717) is 12.8 Å². The monoisotopic (exact) mass is 943 g/mol. The molecular weight excluding hydrogens is 857 g/mol. The molecule has 13 heteroatoms. The smallest absolute Gasteiger partial charge is 0.408 e. The summed E-state index contributed by atoms with van der Waals surface area (Å²) in [5.74, 6) is -1.15. The number of ether oxygens (including phenoxy) is 2. The number of aromatic nitrogens is 1. The number of pyridine rings is 1. The molecule has 13 nitrogen and oxygen atoms in total. The number of rotatable bonds is 21. The fourth-order valence-corrected chi connectivity index (χ4v) is 10.2. The number of hydrogen-bond acceptors (Lipinski definition) is 9. The van der Waals surface area contributed by atoms with Gasteiger partial charge in [0.25, 0.3) is 5.91 Å². The van der Waals surface area contributed by atoms with Gasteiger partial charge < -0.3 is 30.5 Å². The number of carbonyl (C=O) groups excluding carboxylic acids is 4. The average Bonchev–Trinajstić information content (AvgIpc) is 3.25. The van der Waals surface area contributed by atoms with E-state index in [-0.39, 0.29) is 18.4 Å². The lowest BCUT2D eigenvalue weighted by Gasteiger charge is -2.52. The Bertz CT molecular complexity index is 2240. The molecule has 0 aliphatic rings. The predicted molar refractivity (Wildman–Crippen MR) is 273 cm³/mol. The number of hydrazine groups is 1. The first-order valence-electron chi connectivity index (χ1n) is 24.4. The molecule has 4 amide bonds. The van der Waals surface area contributed by atoms with Crippen molar-refractivity contribution in [1.29, 1.82) is 0 Å². The molecule has 5 N–H and O–H groups in total. The largest absolute Gasteiger partial charge is 0.453 e. The van der Waals surface area contributed by atoms with Gasteiger partial charge in [-0.2, -0.15) is 0 Å². The van der Waals surface area contributed by atoms with Gasteiger partial charge in [0.2, 0.25) is 5.91 Å². The highest BCUT2D eigenvalue weighted by Gasteiger charge is 2.56. The molecule has 1 aromatic heterocycles. The van der Waals surface area contributed by atoms with Crippen LogP contribution >= 0.6 is 0 Å². The van der Waals surface area contributed by atoms with E-state index in [9.17, 15) is 14.7 Å². The number of methoxy groups -OCH3 is 1. The summed E-state index contributed by atoms with van der Waals surface area (Å²) in [5, 5.41) is 24.4. The van der Waals surface area contributed by atoms with Gasteiger partial charge in [0, 0.05) is 29.1 Å². The van der Waals surface area contributed by atoms with Gasteiger partial charge in [0.15, 0.2) is 0 Å². The van der Waals surface area contributed by atoms with E-state index in [1.807, 2.05) is 152 Å². The van der Waals surface area contributed by atoms with Gasteiger partial charge >= 0.3 is 12.2 Å². The third-order valence-corrected chi connectivity index (χ3v) is 15.8. The number of carbonyl (C=O) groups is 4. The summed E-state index contributed by atoms with van der Waals surface area (Å²) < 4.78 is 10.6. The number of nitrogens with one attached hydrogen (secondary N) is 4. The molecule has 68 heavy (non-hydrogen) atoms. The lowest BCUT2D eigenvalue weighted by molar-refractivity contribution is -0.145. The van der Waals surface area contributed by atoms with Crippen LogP contribution < -0.4 is 21.4 Å². The standard InChI is InChI=1S/C55H86N6O7/c1-21-52(16,34(3)4)44(57-48(64)67-20)45(62)60-61(51(14,15)42-30-29-40(32-39(42)11)43-38(10)27-25-31-56-43)33-54(18,66)46(50(12,13)41-28-24-23-26-37(41)9)58-47(63)55(19,53(17,22-2)35(5)6)59-49(65)68-36(7)8/h23-32,34-36,44,46,66H,21-22,33H2,1-20H3,(H,57,64)(H,58,63)(H,59,65)(H,60,62)/t44-,46+,52+,53?,54+,55-/m1/s1. The topological polar surface area (TPSA) is 171 Å². The summed E-state index contributed by atoms with van der Waals surface area (Å²) in [4.78, 5) is 61.9. The van der Waals surface area contributed by atoms with Crippen molar-refractivity contribution in [3.05, 3.63) is 88.6 Å². The minimum atomic E-state index is -1.85. The van der Waals surface area contributed by atoms with Crippen LogP contribution in [0.4, 0.5) is 9.59 Å². The van der Waals surface area contributed by atoms with Crippen LogP contribution in [-0.2, 0) is 30.0 Å². The number of benzene rings is 2. The molecule has 1 heterocycles. The van der Waals surface area contributed by atoms with Crippen LogP contribution in [0.25, 0.3) is 11.3 Å². The maximum absolute atomic E-state index is 15.5. The second-order valence-electron chi connectivity index (χ2n) is 21.8. The molecule has 0 fully saturated rings. The van der Waals surface area contributed by atoms with Gasteiger partial charge in [-0.1, -0.05) is 112 Å². The van der Waals surface area contributed by atoms with Crippen molar-refractivity contribution in [2.24, 2.45) is 22.7 Å². The van der Waals surface area contributed by atoms with E-state index in [4.69, 9.17) is 9.47 Å². The lowest BCUT2D eigenvalue weighted by Crippen LogP contribution is -2.73. The number of hydrogen-bond donors (Lipinski definition) is 5. The Morgan fingerprint density at radius 2 is 1.34 bits per heavy atom. The van der Waals surface area contributed by atoms with E-state index in [2.05, 4.69) is 32.4 Å². The van der Waals surface area contributed by atoms with Crippen molar-refractivity contribution >= 4 is 24.0 Å². The van der Waals surface area contributed by atoms with Crippen LogP contribution in [0.15, 0.2) is 60.8 Å². The third kappa shape index (κ3) is 12.0. The summed E-state index contributed by atoms with van der Waals surface area (Å²) in [6.07, 6.45) is 0.916. The zero-order valence-electron chi connectivity index (χ0n) is 45.1. The molecule has 3 aromatic rings. The first kappa shape index (κ1) is 57.3. The van der Waals surface area contributed by atoms with Crippen molar-refractivity contribution in [3.63, 3.8) is 0 Å². The SMILES string of the molecule is CCC(C)(C(C)C)[C@](C)(NC(=O)OC(C)C)C(=O)N[C@@H](C(C)(C)c1ccccc1C)[C@@](C)(O)CN(NC(=O)[C@@H](NC(=O)OC)[C@@](C)(CC)C(C)C)C(C)(C)c1ccc(-c2ncccc2C)cc1C. The van der Waals surface area contributed by atoms with Crippen LogP contribution in [0.3, 0.4) is 0 Å². The Kier molecular flexibility index (Phi) is 18.7. The van der Waals surface area contributed by atoms with Gasteiger partial charge in [-0.15, -0.1) is 0 Å². The van der Waals surface area contributed by atoms with Crippen LogP contribution in [-0.4, -0.2) is 82.1 Å². The van der Waals surface area contributed by atoms with Gasteiger partial charge in [0.05, 0.1) is 36.1 Å². The maximum Gasteiger partial charge on any atom is 0.408 e. The van der Waals surface area contributed by atoms with Crippen LogP contribution in [0, 0.1) is 43.4 Å². The normalized spacial score (nSPS) is 16.7. The molecule has 0 radical (unpaired) electrons. The highest BCUT2D eigenvalue weighted by atomic mass is 16.6. The highest BCUT2D eigenvalue weighted by molar-refractivity contribution is 5.91. The molecule has 0 saturated carbocycles. The van der Waals surface area contributed by atoms with Crippen molar-refractivity contribution in [2.45, 2.75) is 185 Å². The summed E-state index contributed by atoms with van der Waals surface area (Å²) >= 11 is 0. The average molecular weight is 943 g/mol. The summed E-state index contributed by atoms with van der Waals surface area (Å²) in [6.45, 7) is 36.6. The number of amides is 4. The van der Waals surface area contributed by atoms with E-state index in [1.54, 1.807) is 38.9 Å². The van der Waals surface area contributed by atoms with E-state index in [1.165, 1.54) is 7.11 Å². The van der Waals surface area contributed by atoms with Crippen molar-refractivity contribution in [3.8, 4) is 11.3 Å². The quantitative estimate of drug-likeness (QED) is 0.0652. The Labute approximate surface area is 408 Å². The van der Waals surface area contributed by atoms with Gasteiger partial charge in [0.1, 0.15) is 11.6 Å². The molecule has 0 bridgehead atoms. The number of aryl methyl sites for hydroxylation is 3. The fraction of sp³-hybridized carbons (Fsp3) is 0.618. The second-order valence-corrected chi connectivity index (χ2v) is 21.8. The number of alkyl carbamates (subject to hydrolysis) is 2. The molecule has 378 valence electrons. The molecule has 1 unspecified atom stereocenters. The Morgan fingerprint density at radius 1 is 0.735 bits per heavy atom. The highest BCUT2D eigenvalue weighted by Crippen LogP contribution is 2.44. The first-order chi connectivity index (χ1) is 31.3. The molecule has 0 aliphatic heterocycles. The van der Waals surface area contributed by atoms with Crippen molar-refractivity contribution < 1.29 is 33.8 Å². The van der Waals surface area contributed by atoms with Crippen molar-refractivity contribution in [1.82, 2.24) is 31.4 Å². The molecule has 6 atom stereocenters. The van der Waals surface area contributed by atoms with Crippen LogP contribution in [0.5, 0.6) is 0 Å². The lowest BCUT2D eigenvalue weighted by atomic mass is 9.62. The molecular formula is C55H86N6O7. The zero-order valence-corrected chi connectivity index (χ0v) is 45.1. The zero-order chi connectivity index (χ0) is 52.0. The van der Waals surface area contributed by atoms with Crippen molar-refractivity contribution in [2.75, 3.05) is 13.7 Å². The van der Waals surface area contributed by atoms with E-state index in [0.717, 1.165) is 39.1 Å². The fourth-order valence-electron chi connectivity index (χ4n) is 10.2. The Balaban J connectivity index is 2.41. The van der Waals surface area contributed by atoms with Crippen LogP contribution in [0.1, 0.15) is 151 Å². The number of aliphatic hydroxyl groups is 1. The van der Waals surface area contributed by atoms with Gasteiger partial charge in [-0.25, -0.2) is 14.6 Å². The molecule has 0 saturated heterocycles. The Morgan fingerprint density at radius 3 is 1.84 bits per heavy atom. The summed E-state index contributed by atoms with van der Waals surface area (Å²) in [7, 11) is 1.26. The van der Waals surface area contributed by atoms with E-state index >= 15 is 9.59 Å². The molecule has 2 aromatic carbocycles.